The number of halogens is 2. The number of aryl methyl sites for hydroxylation is 1. The van der Waals surface area contributed by atoms with Crippen LogP contribution in [0.5, 0.6) is 0 Å². The Hall–Kier alpha value is -2.28. The fraction of sp³-hybridized carbons (Fsp3) is 0.133. The third-order valence-corrected chi connectivity index (χ3v) is 3.84. The van der Waals surface area contributed by atoms with Crippen LogP contribution in [0.15, 0.2) is 34.9 Å². The smallest absolute Gasteiger partial charge is 0.228 e. The number of aromatic amines is 1. The maximum atomic E-state index is 13.2. The van der Waals surface area contributed by atoms with Gasteiger partial charge in [0.05, 0.1) is 22.8 Å². The zero-order chi connectivity index (χ0) is 15.7. The molecule has 1 aromatic carbocycles. The SMILES string of the molecule is Cc1[nH]nc2ncc(NC(=O)Cc3ccc(F)c(Br)c3)cc12. The third kappa shape index (κ3) is 2.99. The molecule has 3 rings (SSSR count). The van der Waals surface area contributed by atoms with Crippen molar-refractivity contribution in [2.24, 2.45) is 0 Å². The molecular weight excluding hydrogens is 351 g/mol. The summed E-state index contributed by atoms with van der Waals surface area (Å²) in [6.07, 6.45) is 1.71. The predicted molar refractivity (Wildman–Crippen MR) is 85.1 cm³/mol. The van der Waals surface area contributed by atoms with Crippen molar-refractivity contribution in [2.45, 2.75) is 13.3 Å². The van der Waals surface area contributed by atoms with E-state index in [-0.39, 0.29) is 18.1 Å². The predicted octanol–water partition coefficient (Wildman–Crippen LogP) is 3.35. The van der Waals surface area contributed by atoms with Crippen LogP contribution in [0.4, 0.5) is 10.1 Å². The maximum absolute atomic E-state index is 13.2. The number of carbonyl (C=O) groups excluding carboxylic acids is 1. The maximum Gasteiger partial charge on any atom is 0.228 e. The molecule has 0 spiro atoms. The molecule has 0 radical (unpaired) electrons. The molecule has 5 nitrogen and oxygen atoms in total. The highest BCUT2D eigenvalue weighted by atomic mass is 79.9. The topological polar surface area (TPSA) is 70.7 Å². The molecule has 0 saturated heterocycles. The first-order valence-electron chi connectivity index (χ1n) is 6.57. The van der Waals surface area contributed by atoms with Crippen molar-refractivity contribution in [2.75, 3.05) is 5.32 Å². The molecule has 0 unspecified atom stereocenters. The number of H-pyrrole nitrogens is 1. The van der Waals surface area contributed by atoms with Crippen molar-refractivity contribution in [3.8, 4) is 0 Å². The molecule has 1 amide bonds. The van der Waals surface area contributed by atoms with E-state index < -0.39 is 0 Å². The number of anilines is 1. The highest BCUT2D eigenvalue weighted by Crippen LogP contribution is 2.19. The molecule has 0 aliphatic heterocycles. The Kier molecular flexibility index (Phi) is 3.89. The van der Waals surface area contributed by atoms with E-state index in [9.17, 15) is 9.18 Å². The van der Waals surface area contributed by atoms with Crippen LogP contribution >= 0.6 is 15.9 Å². The van der Waals surface area contributed by atoms with E-state index in [4.69, 9.17) is 0 Å². The Morgan fingerprint density at radius 1 is 1.41 bits per heavy atom. The second-order valence-electron chi connectivity index (χ2n) is 4.92. The van der Waals surface area contributed by atoms with Crippen LogP contribution in [-0.4, -0.2) is 21.1 Å². The molecule has 3 aromatic rings. The van der Waals surface area contributed by atoms with E-state index in [1.807, 2.05) is 13.0 Å². The Labute approximate surface area is 134 Å². The first-order chi connectivity index (χ1) is 10.5. The lowest BCUT2D eigenvalue weighted by molar-refractivity contribution is -0.115. The van der Waals surface area contributed by atoms with Gasteiger partial charge in [-0.2, -0.15) is 5.10 Å². The normalized spacial score (nSPS) is 10.9. The number of carbonyl (C=O) groups is 1. The fourth-order valence-corrected chi connectivity index (χ4v) is 2.55. The minimum absolute atomic E-state index is 0.154. The van der Waals surface area contributed by atoms with Gasteiger partial charge in [0.1, 0.15) is 5.82 Å². The molecule has 2 heterocycles. The van der Waals surface area contributed by atoms with Gasteiger partial charge in [0.2, 0.25) is 5.91 Å². The molecule has 2 aromatic heterocycles. The number of hydrogen-bond donors (Lipinski definition) is 2. The van der Waals surface area contributed by atoms with Crippen molar-refractivity contribution in [3.05, 3.63) is 52.0 Å². The lowest BCUT2D eigenvalue weighted by Crippen LogP contribution is -2.14. The van der Waals surface area contributed by atoms with E-state index >= 15 is 0 Å². The number of nitrogens with zero attached hydrogens (tertiary/aromatic N) is 2. The number of rotatable bonds is 3. The Morgan fingerprint density at radius 2 is 2.23 bits per heavy atom. The lowest BCUT2D eigenvalue weighted by Gasteiger charge is -2.06. The van der Waals surface area contributed by atoms with Crippen molar-refractivity contribution >= 4 is 38.6 Å². The number of amides is 1. The van der Waals surface area contributed by atoms with Crippen LogP contribution < -0.4 is 5.32 Å². The van der Waals surface area contributed by atoms with Crippen LogP contribution in [0.1, 0.15) is 11.3 Å². The van der Waals surface area contributed by atoms with Crippen molar-refractivity contribution in [1.82, 2.24) is 15.2 Å². The highest BCUT2D eigenvalue weighted by molar-refractivity contribution is 9.10. The number of pyridine rings is 1. The number of nitrogens with one attached hydrogen (secondary N) is 2. The van der Waals surface area contributed by atoms with E-state index in [0.717, 1.165) is 16.6 Å². The number of hydrogen-bond acceptors (Lipinski definition) is 3. The van der Waals surface area contributed by atoms with Crippen molar-refractivity contribution in [3.63, 3.8) is 0 Å². The fourth-order valence-electron chi connectivity index (χ4n) is 2.13. The average molecular weight is 363 g/mol. The first-order valence-corrected chi connectivity index (χ1v) is 7.37. The second kappa shape index (κ2) is 5.84. The van der Waals surface area contributed by atoms with Crippen LogP contribution in [-0.2, 0) is 11.2 Å². The summed E-state index contributed by atoms with van der Waals surface area (Å²) in [5.41, 5.74) is 2.82. The average Bonchev–Trinajstić information content (AvgIpc) is 2.84. The minimum Gasteiger partial charge on any atom is -0.324 e. The molecule has 2 N–H and O–H groups in total. The Morgan fingerprint density at radius 3 is 3.00 bits per heavy atom. The van der Waals surface area contributed by atoms with Gasteiger partial charge in [-0.05, 0) is 46.6 Å². The second-order valence-corrected chi connectivity index (χ2v) is 5.77. The van der Waals surface area contributed by atoms with Crippen molar-refractivity contribution < 1.29 is 9.18 Å². The van der Waals surface area contributed by atoms with Crippen molar-refractivity contribution in [1.29, 1.82) is 0 Å². The van der Waals surface area contributed by atoms with E-state index in [1.165, 1.54) is 6.07 Å². The summed E-state index contributed by atoms with van der Waals surface area (Å²) in [6.45, 7) is 1.89. The summed E-state index contributed by atoms with van der Waals surface area (Å²) in [6, 6.07) is 6.33. The van der Waals surface area contributed by atoms with Gasteiger partial charge in [-0.25, -0.2) is 9.37 Å². The van der Waals surface area contributed by atoms with Gasteiger partial charge in [0.25, 0.3) is 0 Å². The van der Waals surface area contributed by atoms with Gasteiger partial charge in [-0.3, -0.25) is 9.89 Å². The van der Waals surface area contributed by atoms with Crippen LogP contribution in [0.2, 0.25) is 0 Å². The molecule has 0 fully saturated rings. The summed E-state index contributed by atoms with van der Waals surface area (Å²) in [5.74, 6) is -0.546. The molecule has 0 aliphatic carbocycles. The summed E-state index contributed by atoms with van der Waals surface area (Å²) < 4.78 is 13.5. The molecule has 7 heteroatoms. The van der Waals surface area contributed by atoms with E-state index in [2.05, 4.69) is 36.4 Å². The van der Waals surface area contributed by atoms with E-state index in [0.29, 0.717) is 15.8 Å². The highest BCUT2D eigenvalue weighted by Gasteiger charge is 2.09. The molecular formula is C15H12BrFN4O. The number of benzene rings is 1. The summed E-state index contributed by atoms with van der Waals surface area (Å²) >= 11 is 3.11. The number of aromatic nitrogens is 3. The first kappa shape index (κ1) is 14.6. The Bertz CT molecular complexity index is 862. The quantitative estimate of drug-likeness (QED) is 0.750. The summed E-state index contributed by atoms with van der Waals surface area (Å²) in [5, 5.41) is 10.5. The van der Waals surface area contributed by atoms with Gasteiger partial charge < -0.3 is 5.32 Å². The summed E-state index contributed by atoms with van der Waals surface area (Å²) in [7, 11) is 0. The Balaban J connectivity index is 1.74. The largest absolute Gasteiger partial charge is 0.324 e. The monoisotopic (exact) mass is 362 g/mol. The molecule has 0 aliphatic rings. The zero-order valence-corrected chi connectivity index (χ0v) is 13.2. The number of fused-ring (bicyclic) bond motifs is 1. The third-order valence-electron chi connectivity index (χ3n) is 3.23. The van der Waals surface area contributed by atoms with Gasteiger partial charge >= 0.3 is 0 Å². The molecule has 0 atom stereocenters. The molecule has 112 valence electrons. The van der Waals surface area contributed by atoms with Crippen LogP contribution in [0, 0.1) is 12.7 Å². The molecule has 0 bridgehead atoms. The zero-order valence-electron chi connectivity index (χ0n) is 11.7. The minimum atomic E-state index is -0.353. The standard InChI is InChI=1S/C15H12BrFN4O/c1-8-11-6-10(7-18-15(11)21-20-8)19-14(22)5-9-2-3-13(17)12(16)4-9/h2-4,6-7H,5H2,1H3,(H,19,22)(H,18,20,21). The van der Waals surface area contributed by atoms with Gasteiger partial charge in [0.15, 0.2) is 5.65 Å². The molecule has 22 heavy (non-hydrogen) atoms. The van der Waals surface area contributed by atoms with Gasteiger partial charge in [-0.1, -0.05) is 6.07 Å². The van der Waals surface area contributed by atoms with Gasteiger partial charge in [0, 0.05) is 11.1 Å². The van der Waals surface area contributed by atoms with Crippen LogP contribution in [0.3, 0.4) is 0 Å². The van der Waals surface area contributed by atoms with E-state index in [1.54, 1.807) is 18.3 Å². The van der Waals surface area contributed by atoms with Gasteiger partial charge in [-0.15, -0.1) is 0 Å². The summed E-state index contributed by atoms with van der Waals surface area (Å²) in [4.78, 5) is 16.2. The van der Waals surface area contributed by atoms with Crippen LogP contribution in [0.25, 0.3) is 11.0 Å². The lowest BCUT2D eigenvalue weighted by atomic mass is 10.1. The molecule has 0 saturated carbocycles.